The minimum absolute atomic E-state index is 0.0997. The van der Waals surface area contributed by atoms with Gasteiger partial charge in [0, 0.05) is 0 Å². The van der Waals surface area contributed by atoms with E-state index in [2.05, 4.69) is 25.5 Å². The number of thiazole rings is 1. The number of nitrogen functional groups attached to an aromatic ring is 1. The van der Waals surface area contributed by atoms with Crippen LogP contribution in [0.25, 0.3) is 10.3 Å². The van der Waals surface area contributed by atoms with Crippen molar-refractivity contribution in [1.29, 1.82) is 0 Å². The first-order chi connectivity index (χ1) is 17.8. The van der Waals surface area contributed by atoms with Gasteiger partial charge in [-0.1, -0.05) is 0 Å². The molecule has 190 valence electrons. The summed E-state index contributed by atoms with van der Waals surface area (Å²) in [5.41, 5.74) is 5.84. The number of halogens is 1. The van der Waals surface area contributed by atoms with Crippen molar-refractivity contribution in [2.45, 2.75) is 24.6 Å². The van der Waals surface area contributed by atoms with Crippen LogP contribution in [-0.4, -0.2) is 67.0 Å². The molecule has 4 aromatic rings. The standard InChI is InChI=1S/C24H19FN4O6SSe/c25-15-16(35-22(32)13-9-5-2-6-10-13)14(11-33-21(31)12-7-3-1-4-8-12)34-20(15)29-18-17(36-24(29)37)19(30)28-23(26)27-18/h1-10,14-16,20H,11H2,(H3,26,27,28,30)/t14-,15+,16-,20-/m1/s1. The van der Waals surface area contributed by atoms with Crippen LogP contribution in [0.15, 0.2) is 65.5 Å². The Bertz CT molecular complexity index is 1580. The molecule has 4 atom stereocenters. The predicted octanol–water partition coefficient (Wildman–Crippen LogP) is 2.39. The van der Waals surface area contributed by atoms with Crippen molar-refractivity contribution in [3.8, 4) is 0 Å². The Morgan fingerprint density at radius 3 is 2.38 bits per heavy atom. The first kappa shape index (κ1) is 25.0. The summed E-state index contributed by atoms with van der Waals surface area (Å²) in [5, 5.41) is 0. The fraction of sp³-hybridized carbons (Fsp3) is 0.208. The van der Waals surface area contributed by atoms with Gasteiger partial charge in [0.1, 0.15) is 0 Å². The summed E-state index contributed by atoms with van der Waals surface area (Å²) in [6.07, 6.45) is -5.83. The van der Waals surface area contributed by atoms with E-state index in [9.17, 15) is 14.4 Å². The number of H-pyrrole nitrogens is 1. The number of nitrogens with one attached hydrogen (secondary N) is 1. The van der Waals surface area contributed by atoms with Crippen LogP contribution in [-0.2, 0) is 14.2 Å². The van der Waals surface area contributed by atoms with Gasteiger partial charge in [-0.05, 0) is 0 Å². The maximum atomic E-state index is 16.0. The van der Waals surface area contributed by atoms with Gasteiger partial charge in [-0.15, -0.1) is 0 Å². The number of alkyl halides is 1. The van der Waals surface area contributed by atoms with Gasteiger partial charge < -0.3 is 0 Å². The van der Waals surface area contributed by atoms with Crippen LogP contribution in [0.4, 0.5) is 10.3 Å². The molecule has 1 saturated heterocycles. The molecule has 5 rings (SSSR count). The Hall–Kier alpha value is -3.64. The van der Waals surface area contributed by atoms with Crippen LogP contribution in [0.2, 0.25) is 0 Å². The Morgan fingerprint density at radius 1 is 1.11 bits per heavy atom. The number of benzene rings is 2. The molecule has 37 heavy (non-hydrogen) atoms. The van der Waals surface area contributed by atoms with E-state index >= 15 is 4.39 Å². The predicted molar refractivity (Wildman–Crippen MR) is 133 cm³/mol. The Kier molecular flexibility index (Phi) is 7.02. The number of hydrogen-bond acceptors (Lipinski definition) is 9. The van der Waals surface area contributed by atoms with Gasteiger partial charge in [-0.25, -0.2) is 0 Å². The molecule has 0 bridgehead atoms. The zero-order chi connectivity index (χ0) is 26.1. The van der Waals surface area contributed by atoms with Gasteiger partial charge in [-0.2, -0.15) is 0 Å². The first-order valence-electron chi connectivity index (χ1n) is 11.0. The Morgan fingerprint density at radius 2 is 1.73 bits per heavy atom. The van der Waals surface area contributed by atoms with E-state index in [1.807, 2.05) is 0 Å². The number of nitrogens with zero attached hydrogens (tertiary/aromatic N) is 2. The third-order valence-electron chi connectivity index (χ3n) is 5.65. The number of hydrogen-bond donors (Lipinski definition) is 2. The summed E-state index contributed by atoms with van der Waals surface area (Å²) in [6, 6.07) is 16.4. The van der Waals surface area contributed by atoms with Crippen LogP contribution in [0, 0.1) is 3.51 Å². The van der Waals surface area contributed by atoms with Crippen molar-refractivity contribution in [1.82, 2.24) is 14.5 Å². The molecular formula is C24H19FN4O6SSe. The number of nitrogens with two attached hydrogens (primary N) is 1. The van der Waals surface area contributed by atoms with E-state index in [0.717, 1.165) is 11.3 Å². The van der Waals surface area contributed by atoms with E-state index in [-0.39, 0.29) is 28.5 Å². The van der Waals surface area contributed by atoms with Crippen LogP contribution < -0.4 is 11.3 Å². The SMILES string of the molecule is Nc1nc2c(sc(=[Se])n2[C@@H]2O[C@H](COC(=O)c3ccccc3)[C@@H](OC(=O)c3ccccc3)[C@@H]2F)c(=O)[nH]1. The molecule has 0 spiro atoms. The van der Waals surface area contributed by atoms with E-state index < -0.39 is 42.1 Å². The molecule has 1 aliphatic rings. The molecule has 0 unspecified atom stereocenters. The van der Waals surface area contributed by atoms with Crippen molar-refractivity contribution < 1.29 is 28.2 Å². The molecule has 3 N–H and O–H groups in total. The number of carbonyl (C=O) groups is 2. The number of fused-ring (bicyclic) bond motifs is 1. The average Bonchev–Trinajstić information content (AvgIpc) is 3.39. The monoisotopic (exact) mass is 590 g/mol. The van der Waals surface area contributed by atoms with Crippen LogP contribution in [0.5, 0.6) is 0 Å². The van der Waals surface area contributed by atoms with Crippen LogP contribution >= 0.6 is 11.3 Å². The summed E-state index contributed by atoms with van der Waals surface area (Å²) >= 11 is 3.82. The molecule has 1 aliphatic heterocycles. The average molecular weight is 589 g/mol. The van der Waals surface area contributed by atoms with Crippen molar-refractivity contribution in [3.05, 3.63) is 85.7 Å². The van der Waals surface area contributed by atoms with Crippen molar-refractivity contribution in [2.75, 3.05) is 12.3 Å². The normalized spacial score (nSPS) is 21.1. The number of carbonyl (C=O) groups excluding carboxylic acids is 2. The molecule has 2 aromatic heterocycles. The Labute approximate surface area is 220 Å². The number of aromatic amines is 1. The number of rotatable bonds is 6. The van der Waals surface area contributed by atoms with Gasteiger partial charge in [0.2, 0.25) is 0 Å². The molecule has 0 amide bonds. The molecule has 2 aromatic carbocycles. The molecule has 10 nitrogen and oxygen atoms in total. The maximum absolute atomic E-state index is 16.0. The summed E-state index contributed by atoms with van der Waals surface area (Å²) in [4.78, 5) is 44.2. The van der Waals surface area contributed by atoms with E-state index in [1.165, 1.54) is 16.7 Å². The zero-order valence-electron chi connectivity index (χ0n) is 18.9. The van der Waals surface area contributed by atoms with E-state index in [4.69, 9.17) is 19.9 Å². The van der Waals surface area contributed by atoms with Gasteiger partial charge in [-0.3, -0.25) is 0 Å². The quantitative estimate of drug-likeness (QED) is 0.258. The van der Waals surface area contributed by atoms with Crippen LogP contribution in [0.3, 0.4) is 0 Å². The molecule has 0 aliphatic carbocycles. The second kappa shape index (κ2) is 10.4. The molecule has 13 heteroatoms. The number of ether oxygens (including phenoxy) is 3. The molecule has 3 heterocycles. The van der Waals surface area contributed by atoms with Crippen molar-refractivity contribution >= 4 is 55.1 Å². The fourth-order valence-corrected chi connectivity index (χ4v) is 5.69. The second-order valence-electron chi connectivity index (χ2n) is 8.05. The van der Waals surface area contributed by atoms with Gasteiger partial charge >= 0.3 is 220 Å². The van der Waals surface area contributed by atoms with E-state index in [1.54, 1.807) is 48.5 Å². The molecule has 0 saturated carbocycles. The van der Waals surface area contributed by atoms with Gasteiger partial charge in [0.05, 0.1) is 0 Å². The van der Waals surface area contributed by atoms with Gasteiger partial charge in [0.15, 0.2) is 0 Å². The van der Waals surface area contributed by atoms with E-state index in [0.29, 0.717) is 9.07 Å². The van der Waals surface area contributed by atoms with Gasteiger partial charge in [0.25, 0.3) is 0 Å². The van der Waals surface area contributed by atoms with Crippen LogP contribution in [0.1, 0.15) is 26.9 Å². The molecule has 0 radical (unpaired) electrons. The number of esters is 2. The Balaban J connectivity index is 1.46. The summed E-state index contributed by atoms with van der Waals surface area (Å²) in [7, 11) is 0. The topological polar surface area (TPSA) is 139 Å². The van der Waals surface area contributed by atoms with Crippen molar-refractivity contribution in [2.24, 2.45) is 0 Å². The third-order valence-corrected chi connectivity index (χ3v) is 7.53. The van der Waals surface area contributed by atoms with Crippen molar-refractivity contribution in [3.63, 3.8) is 0 Å². The summed E-state index contributed by atoms with van der Waals surface area (Å²) in [6.45, 7) is -0.390. The zero-order valence-corrected chi connectivity index (χ0v) is 21.4. The number of anilines is 1. The summed E-state index contributed by atoms with van der Waals surface area (Å²) in [5.74, 6) is -1.56. The molecule has 1 fully saturated rings. The number of aromatic nitrogens is 3. The summed E-state index contributed by atoms with van der Waals surface area (Å²) < 4.78 is 34.8. The second-order valence-corrected chi connectivity index (χ2v) is 10.4. The molecular weight excluding hydrogens is 570 g/mol. The third kappa shape index (κ3) is 4.98. The fourth-order valence-electron chi connectivity index (χ4n) is 3.93. The first-order valence-corrected chi connectivity index (χ1v) is 12.7. The minimum atomic E-state index is -1.90.